The molecule has 0 saturated heterocycles. The molecule has 10 nitrogen and oxygen atoms in total. The third-order valence-corrected chi connectivity index (χ3v) is 6.00. The molecule has 0 heterocycles. The largest absolute Gasteiger partial charge is 0.493 e. The first-order valence-corrected chi connectivity index (χ1v) is 12.9. The number of rotatable bonds is 8. The summed E-state index contributed by atoms with van der Waals surface area (Å²) < 4.78 is 10.7. The van der Waals surface area contributed by atoms with E-state index in [2.05, 4.69) is 21.2 Å². The van der Waals surface area contributed by atoms with E-state index in [9.17, 15) is 19.2 Å². The second kappa shape index (κ2) is 13.7. The van der Waals surface area contributed by atoms with E-state index in [0.717, 1.165) is 5.56 Å². The van der Waals surface area contributed by atoms with Gasteiger partial charge in [0.25, 0.3) is 5.91 Å². The smallest absolute Gasteiger partial charge is 0.343 e. The van der Waals surface area contributed by atoms with E-state index in [4.69, 9.17) is 21.1 Å². The average molecular weight is 585 g/mol. The van der Waals surface area contributed by atoms with Crippen molar-refractivity contribution in [2.75, 3.05) is 17.7 Å². The Balaban J connectivity index is 1.36. The van der Waals surface area contributed by atoms with Gasteiger partial charge in [0, 0.05) is 10.7 Å². The van der Waals surface area contributed by atoms with Crippen molar-refractivity contribution in [2.45, 2.75) is 6.92 Å². The van der Waals surface area contributed by atoms with Gasteiger partial charge in [-0.1, -0.05) is 35.9 Å². The summed E-state index contributed by atoms with van der Waals surface area (Å²) in [5, 5.41) is 9.50. The summed E-state index contributed by atoms with van der Waals surface area (Å²) in [4.78, 5) is 50.1. The lowest BCUT2D eigenvalue weighted by atomic mass is 10.1. The molecule has 4 rings (SSSR count). The van der Waals surface area contributed by atoms with Crippen LogP contribution >= 0.6 is 11.6 Å². The van der Waals surface area contributed by atoms with E-state index in [0.29, 0.717) is 21.8 Å². The number of hydrogen-bond donors (Lipinski definition) is 3. The summed E-state index contributed by atoms with van der Waals surface area (Å²) in [6.45, 7) is 1.90. The molecule has 0 spiro atoms. The summed E-state index contributed by atoms with van der Waals surface area (Å²) in [7, 11) is 1.40. The fourth-order valence-corrected chi connectivity index (χ4v) is 3.83. The normalized spacial score (nSPS) is 10.5. The Kier molecular flexibility index (Phi) is 9.65. The van der Waals surface area contributed by atoms with Gasteiger partial charge in [-0.05, 0) is 84.8 Å². The lowest BCUT2D eigenvalue weighted by molar-refractivity contribution is -0.136. The number of para-hydroxylation sites is 1. The fraction of sp³-hybridized carbons (Fsp3) is 0.0645. The molecule has 0 aliphatic heterocycles. The quantitative estimate of drug-likeness (QED) is 0.0854. The second-order valence-corrected chi connectivity index (χ2v) is 9.27. The van der Waals surface area contributed by atoms with Crippen molar-refractivity contribution >= 4 is 52.9 Å². The molecule has 0 unspecified atom stereocenters. The Hall–Kier alpha value is -5.48. The fourth-order valence-electron chi connectivity index (χ4n) is 3.70. The Labute approximate surface area is 246 Å². The molecular weight excluding hydrogens is 560 g/mol. The van der Waals surface area contributed by atoms with Crippen LogP contribution in [-0.4, -0.2) is 37.0 Å². The number of halogens is 1. The van der Waals surface area contributed by atoms with Crippen molar-refractivity contribution in [3.8, 4) is 11.5 Å². The lowest BCUT2D eigenvalue weighted by Gasteiger charge is -2.11. The van der Waals surface area contributed by atoms with Gasteiger partial charge in [0.1, 0.15) is 0 Å². The number of esters is 1. The van der Waals surface area contributed by atoms with E-state index in [1.165, 1.54) is 49.7 Å². The highest BCUT2D eigenvalue weighted by atomic mass is 35.5. The first-order chi connectivity index (χ1) is 20.2. The van der Waals surface area contributed by atoms with Gasteiger partial charge in [-0.2, -0.15) is 5.10 Å². The van der Waals surface area contributed by atoms with Crippen LogP contribution in [0.5, 0.6) is 11.5 Å². The number of hydrazone groups is 1. The van der Waals surface area contributed by atoms with Crippen LogP contribution in [0.15, 0.2) is 96.1 Å². The number of aryl methyl sites for hydroxylation is 1. The third-order valence-electron chi connectivity index (χ3n) is 5.75. The van der Waals surface area contributed by atoms with Crippen LogP contribution in [-0.2, 0) is 9.59 Å². The standard InChI is InChI=1S/C31H25ClN4O6/c1-19-6-5-7-23(16-19)34-28(37)24-8-3-4-9-25(24)35-29(38)30(39)36-33-18-20-10-15-26(27(17-20)41-2)42-31(40)21-11-13-22(32)14-12-21/h3-18H,1-2H3,(H,34,37)(H,35,38)(H,36,39)/b33-18-. The maximum atomic E-state index is 12.8. The molecule has 11 heteroatoms. The number of benzene rings is 4. The predicted molar refractivity (Wildman–Crippen MR) is 159 cm³/mol. The SMILES string of the molecule is COc1cc(/C=N\NC(=O)C(=O)Nc2ccccc2C(=O)Nc2cccc(C)c2)ccc1OC(=O)c1ccc(Cl)cc1. The van der Waals surface area contributed by atoms with Crippen molar-refractivity contribution < 1.29 is 28.7 Å². The van der Waals surface area contributed by atoms with E-state index in [1.807, 2.05) is 25.1 Å². The lowest BCUT2D eigenvalue weighted by Crippen LogP contribution is -2.33. The van der Waals surface area contributed by atoms with Gasteiger partial charge >= 0.3 is 17.8 Å². The first kappa shape index (κ1) is 29.5. The number of methoxy groups -OCH3 is 1. The van der Waals surface area contributed by atoms with Gasteiger partial charge in [-0.15, -0.1) is 0 Å². The Morgan fingerprint density at radius 3 is 2.31 bits per heavy atom. The second-order valence-electron chi connectivity index (χ2n) is 8.83. The topological polar surface area (TPSA) is 135 Å². The molecule has 3 N–H and O–H groups in total. The highest BCUT2D eigenvalue weighted by Gasteiger charge is 2.18. The molecule has 0 fully saturated rings. The molecule has 0 atom stereocenters. The number of hydrogen-bond acceptors (Lipinski definition) is 7. The van der Waals surface area contributed by atoms with E-state index in [-0.39, 0.29) is 22.7 Å². The Morgan fingerprint density at radius 1 is 0.810 bits per heavy atom. The first-order valence-electron chi connectivity index (χ1n) is 12.5. The van der Waals surface area contributed by atoms with Gasteiger partial charge in [-0.25, -0.2) is 10.2 Å². The number of ether oxygens (including phenoxy) is 2. The monoisotopic (exact) mass is 584 g/mol. The summed E-state index contributed by atoms with van der Waals surface area (Å²) in [6.07, 6.45) is 1.28. The van der Waals surface area contributed by atoms with Crippen LogP contribution in [0.4, 0.5) is 11.4 Å². The Morgan fingerprint density at radius 2 is 1.57 bits per heavy atom. The molecule has 3 amide bonds. The van der Waals surface area contributed by atoms with Crippen LogP contribution in [0.25, 0.3) is 0 Å². The Bertz CT molecular complexity index is 1670. The zero-order valence-electron chi connectivity index (χ0n) is 22.5. The molecule has 212 valence electrons. The van der Waals surface area contributed by atoms with E-state index >= 15 is 0 Å². The number of nitrogens with zero attached hydrogens (tertiary/aromatic N) is 1. The minimum Gasteiger partial charge on any atom is -0.493 e. The molecule has 42 heavy (non-hydrogen) atoms. The van der Waals surface area contributed by atoms with Gasteiger partial charge in [0.2, 0.25) is 0 Å². The summed E-state index contributed by atoms with van der Waals surface area (Å²) in [5.41, 5.74) is 4.82. The summed E-state index contributed by atoms with van der Waals surface area (Å²) >= 11 is 5.86. The number of carbonyl (C=O) groups is 4. The van der Waals surface area contributed by atoms with Crippen molar-refractivity contribution in [2.24, 2.45) is 5.10 Å². The highest BCUT2D eigenvalue weighted by Crippen LogP contribution is 2.28. The van der Waals surface area contributed by atoms with Gasteiger partial charge in [0.15, 0.2) is 11.5 Å². The third kappa shape index (κ3) is 7.80. The molecule has 4 aromatic rings. The molecule has 0 radical (unpaired) electrons. The van der Waals surface area contributed by atoms with Crippen molar-refractivity contribution in [3.05, 3.63) is 118 Å². The zero-order valence-corrected chi connectivity index (χ0v) is 23.3. The molecule has 4 aromatic carbocycles. The van der Waals surface area contributed by atoms with Crippen LogP contribution in [0.3, 0.4) is 0 Å². The molecular formula is C31H25ClN4O6. The number of amides is 3. The molecule has 0 aromatic heterocycles. The molecule has 0 aliphatic rings. The van der Waals surface area contributed by atoms with Crippen LogP contribution in [0, 0.1) is 6.92 Å². The molecule has 0 saturated carbocycles. The maximum absolute atomic E-state index is 12.8. The van der Waals surface area contributed by atoms with Crippen molar-refractivity contribution in [1.82, 2.24) is 5.43 Å². The summed E-state index contributed by atoms with van der Waals surface area (Å²) in [6, 6.07) is 24.4. The van der Waals surface area contributed by atoms with Gasteiger partial charge in [-0.3, -0.25) is 14.4 Å². The van der Waals surface area contributed by atoms with Gasteiger partial charge < -0.3 is 20.1 Å². The van der Waals surface area contributed by atoms with Gasteiger partial charge in [0.05, 0.1) is 30.1 Å². The molecule has 0 bridgehead atoms. The zero-order chi connectivity index (χ0) is 30.1. The predicted octanol–water partition coefficient (Wildman–Crippen LogP) is 5.22. The average Bonchev–Trinajstić information content (AvgIpc) is 2.98. The van der Waals surface area contributed by atoms with Crippen LogP contribution < -0.4 is 25.5 Å². The van der Waals surface area contributed by atoms with E-state index < -0.39 is 23.7 Å². The molecule has 0 aliphatic carbocycles. The minimum atomic E-state index is -1.05. The number of nitrogens with one attached hydrogen (secondary N) is 3. The van der Waals surface area contributed by atoms with Crippen molar-refractivity contribution in [1.29, 1.82) is 0 Å². The number of carbonyl (C=O) groups excluding carboxylic acids is 4. The minimum absolute atomic E-state index is 0.153. The maximum Gasteiger partial charge on any atom is 0.343 e. The number of anilines is 2. The van der Waals surface area contributed by atoms with Crippen LogP contribution in [0.1, 0.15) is 31.8 Å². The van der Waals surface area contributed by atoms with E-state index in [1.54, 1.807) is 36.4 Å². The van der Waals surface area contributed by atoms with Crippen molar-refractivity contribution in [3.63, 3.8) is 0 Å². The highest BCUT2D eigenvalue weighted by molar-refractivity contribution is 6.40. The van der Waals surface area contributed by atoms with Crippen LogP contribution in [0.2, 0.25) is 5.02 Å². The summed E-state index contributed by atoms with van der Waals surface area (Å²) in [5.74, 6) is -2.72.